The summed E-state index contributed by atoms with van der Waals surface area (Å²) in [5, 5.41) is 10.6. The lowest BCUT2D eigenvalue weighted by Gasteiger charge is -2.29. The Morgan fingerprint density at radius 2 is 1.44 bits per heavy atom. The molecule has 0 aliphatic carbocycles. The first kappa shape index (κ1) is 22.5. The minimum Gasteiger partial charge on any atom is -0.495 e. The number of carbonyl (C=O) groups excluding carboxylic acids is 3. The molecule has 1 saturated heterocycles. The van der Waals surface area contributed by atoms with Crippen LogP contribution in [0.2, 0.25) is 0 Å². The van der Waals surface area contributed by atoms with Crippen LogP contribution in [-0.4, -0.2) is 31.2 Å². The molecule has 3 aromatic rings. The number of para-hydroxylation sites is 2. The molecule has 0 radical (unpaired) electrons. The van der Waals surface area contributed by atoms with Gasteiger partial charge in [0.05, 0.1) is 29.9 Å². The average Bonchev–Trinajstić information content (AvgIpc) is 2.84. The number of imide groups is 2. The lowest BCUT2D eigenvalue weighted by molar-refractivity contribution is -0.131. The van der Waals surface area contributed by atoms with Gasteiger partial charge in [0.1, 0.15) is 5.75 Å². The van der Waals surface area contributed by atoms with Crippen LogP contribution in [0.4, 0.5) is 27.5 Å². The standard InChI is InChI=1S/C25H21N5O4/c1-16-7-9-18(10-8-16)28-29-19-13-11-17(12-14-19)26-15-20-23(31)27-25(33)30(24(20)32)21-5-3-4-6-22(21)34-2/h3-15,20H,1-2H3,(H,27,31,33)/t20-/m1/s1. The monoisotopic (exact) mass is 455 g/mol. The van der Waals surface area contributed by atoms with Crippen molar-refractivity contribution in [3.05, 3.63) is 78.4 Å². The molecule has 1 atom stereocenters. The predicted octanol–water partition coefficient (Wildman–Crippen LogP) is 5.02. The average molecular weight is 455 g/mol. The van der Waals surface area contributed by atoms with Gasteiger partial charge in [0.2, 0.25) is 5.91 Å². The second kappa shape index (κ2) is 9.86. The van der Waals surface area contributed by atoms with E-state index in [1.807, 2.05) is 31.2 Å². The fraction of sp³-hybridized carbons (Fsp3) is 0.120. The summed E-state index contributed by atoms with van der Waals surface area (Å²) < 4.78 is 5.24. The van der Waals surface area contributed by atoms with Crippen molar-refractivity contribution in [1.82, 2.24) is 5.32 Å². The highest BCUT2D eigenvalue weighted by atomic mass is 16.5. The maximum Gasteiger partial charge on any atom is 0.335 e. The van der Waals surface area contributed by atoms with Gasteiger partial charge in [0, 0.05) is 6.21 Å². The summed E-state index contributed by atoms with van der Waals surface area (Å²) >= 11 is 0. The molecule has 0 aromatic heterocycles. The number of amides is 4. The molecule has 4 amide bonds. The van der Waals surface area contributed by atoms with Crippen LogP contribution in [0, 0.1) is 12.8 Å². The Bertz CT molecular complexity index is 1280. The molecule has 1 aliphatic rings. The minimum absolute atomic E-state index is 0.238. The number of benzene rings is 3. The molecular weight excluding hydrogens is 434 g/mol. The summed E-state index contributed by atoms with van der Waals surface area (Å²) in [7, 11) is 1.43. The number of azo groups is 1. The maximum atomic E-state index is 13.0. The first-order valence-electron chi connectivity index (χ1n) is 10.4. The van der Waals surface area contributed by atoms with Crippen LogP contribution in [-0.2, 0) is 9.59 Å². The molecule has 1 heterocycles. The normalized spacial score (nSPS) is 16.4. The third kappa shape index (κ3) is 4.88. The van der Waals surface area contributed by atoms with Crippen molar-refractivity contribution in [2.75, 3.05) is 12.0 Å². The molecule has 4 rings (SSSR count). The molecule has 3 aromatic carbocycles. The Kier molecular flexibility index (Phi) is 6.54. The predicted molar refractivity (Wildman–Crippen MR) is 127 cm³/mol. The van der Waals surface area contributed by atoms with E-state index in [9.17, 15) is 14.4 Å². The number of barbiturate groups is 1. The highest BCUT2D eigenvalue weighted by molar-refractivity contribution is 6.33. The fourth-order valence-corrected chi connectivity index (χ4v) is 3.26. The summed E-state index contributed by atoms with van der Waals surface area (Å²) in [5.41, 5.74) is 3.25. The quantitative estimate of drug-likeness (QED) is 0.319. The van der Waals surface area contributed by atoms with Crippen molar-refractivity contribution in [3.63, 3.8) is 0 Å². The van der Waals surface area contributed by atoms with E-state index in [1.54, 1.807) is 48.5 Å². The largest absolute Gasteiger partial charge is 0.495 e. The Morgan fingerprint density at radius 3 is 2.09 bits per heavy atom. The zero-order valence-corrected chi connectivity index (χ0v) is 18.5. The van der Waals surface area contributed by atoms with Crippen LogP contribution in [0.15, 0.2) is 88.0 Å². The lowest BCUT2D eigenvalue weighted by Crippen LogP contribution is -2.58. The first-order valence-corrected chi connectivity index (χ1v) is 10.4. The zero-order chi connectivity index (χ0) is 24.1. The molecule has 0 unspecified atom stereocenters. The summed E-state index contributed by atoms with van der Waals surface area (Å²) in [6.07, 6.45) is 1.22. The van der Waals surface area contributed by atoms with Gasteiger partial charge in [-0.25, -0.2) is 9.69 Å². The van der Waals surface area contributed by atoms with Gasteiger partial charge in [0.25, 0.3) is 5.91 Å². The summed E-state index contributed by atoms with van der Waals surface area (Å²) in [4.78, 5) is 42.8. The fourth-order valence-electron chi connectivity index (χ4n) is 3.26. The molecule has 0 spiro atoms. The smallest absolute Gasteiger partial charge is 0.335 e. The van der Waals surface area contributed by atoms with E-state index < -0.39 is 23.8 Å². The Hall–Kier alpha value is -4.66. The molecule has 34 heavy (non-hydrogen) atoms. The van der Waals surface area contributed by atoms with Gasteiger partial charge in [-0.3, -0.25) is 19.9 Å². The van der Waals surface area contributed by atoms with E-state index >= 15 is 0 Å². The van der Waals surface area contributed by atoms with Gasteiger partial charge in [-0.2, -0.15) is 10.2 Å². The van der Waals surface area contributed by atoms with Crippen molar-refractivity contribution in [2.24, 2.45) is 21.1 Å². The molecule has 9 nitrogen and oxygen atoms in total. The zero-order valence-electron chi connectivity index (χ0n) is 18.5. The van der Waals surface area contributed by atoms with Gasteiger partial charge in [-0.1, -0.05) is 29.8 Å². The van der Waals surface area contributed by atoms with Crippen LogP contribution in [0.5, 0.6) is 5.75 Å². The number of hydrogen-bond donors (Lipinski definition) is 1. The highest BCUT2D eigenvalue weighted by Gasteiger charge is 2.41. The van der Waals surface area contributed by atoms with Crippen LogP contribution in [0.3, 0.4) is 0 Å². The number of hydrogen-bond acceptors (Lipinski definition) is 7. The SMILES string of the molecule is COc1ccccc1N1C(=O)NC(=O)[C@@H](C=Nc2ccc(N=Nc3ccc(C)cc3)cc2)C1=O. The third-order valence-corrected chi connectivity index (χ3v) is 5.07. The number of nitrogens with one attached hydrogen (secondary N) is 1. The topological polar surface area (TPSA) is 113 Å². The van der Waals surface area contributed by atoms with Crippen LogP contribution in [0.1, 0.15) is 5.56 Å². The third-order valence-electron chi connectivity index (χ3n) is 5.07. The molecule has 9 heteroatoms. The Balaban J connectivity index is 1.49. The molecule has 1 N–H and O–H groups in total. The van der Waals surface area contributed by atoms with Crippen molar-refractivity contribution in [2.45, 2.75) is 6.92 Å². The lowest BCUT2D eigenvalue weighted by atomic mass is 10.1. The van der Waals surface area contributed by atoms with Gasteiger partial charge < -0.3 is 4.74 Å². The number of aryl methyl sites for hydroxylation is 1. The highest BCUT2D eigenvalue weighted by Crippen LogP contribution is 2.30. The molecule has 1 fully saturated rings. The maximum absolute atomic E-state index is 13.0. The Labute approximate surface area is 195 Å². The van der Waals surface area contributed by atoms with Gasteiger partial charge in [-0.05, 0) is 55.5 Å². The van der Waals surface area contributed by atoms with Crippen molar-refractivity contribution in [3.8, 4) is 5.75 Å². The first-order chi connectivity index (χ1) is 16.5. The van der Waals surface area contributed by atoms with Crippen molar-refractivity contribution in [1.29, 1.82) is 0 Å². The molecule has 170 valence electrons. The van der Waals surface area contributed by atoms with E-state index in [4.69, 9.17) is 4.74 Å². The number of aliphatic imine (C=N–C) groups is 1. The van der Waals surface area contributed by atoms with E-state index in [0.717, 1.165) is 16.2 Å². The Morgan fingerprint density at radius 1 is 0.853 bits per heavy atom. The van der Waals surface area contributed by atoms with Crippen LogP contribution < -0.4 is 15.0 Å². The number of methoxy groups -OCH3 is 1. The van der Waals surface area contributed by atoms with Crippen molar-refractivity contribution >= 4 is 46.8 Å². The number of ether oxygens (including phenoxy) is 1. The second-order valence-electron chi connectivity index (χ2n) is 7.45. The van der Waals surface area contributed by atoms with E-state index in [0.29, 0.717) is 17.1 Å². The number of urea groups is 1. The van der Waals surface area contributed by atoms with Crippen molar-refractivity contribution < 1.29 is 19.1 Å². The number of carbonyl (C=O) groups is 3. The van der Waals surface area contributed by atoms with Crippen LogP contribution in [0.25, 0.3) is 0 Å². The number of rotatable bonds is 6. The van der Waals surface area contributed by atoms with Gasteiger partial charge >= 0.3 is 6.03 Å². The summed E-state index contributed by atoms with van der Waals surface area (Å²) in [6.45, 7) is 2.00. The molecule has 0 saturated carbocycles. The minimum atomic E-state index is -1.27. The molecule has 1 aliphatic heterocycles. The number of anilines is 1. The van der Waals surface area contributed by atoms with E-state index in [-0.39, 0.29) is 5.69 Å². The molecular formula is C25H21N5O4. The van der Waals surface area contributed by atoms with Crippen LogP contribution >= 0.6 is 0 Å². The second-order valence-corrected chi connectivity index (χ2v) is 7.45. The van der Waals surface area contributed by atoms with Gasteiger partial charge in [-0.15, -0.1) is 0 Å². The summed E-state index contributed by atoms with van der Waals surface area (Å²) in [5.74, 6) is -2.41. The van der Waals surface area contributed by atoms with Gasteiger partial charge in [0.15, 0.2) is 5.92 Å². The van der Waals surface area contributed by atoms with E-state index in [1.165, 1.54) is 13.3 Å². The van der Waals surface area contributed by atoms with E-state index in [2.05, 4.69) is 20.5 Å². The summed E-state index contributed by atoms with van der Waals surface area (Å²) in [6, 6.07) is 20.2. The molecule has 0 bridgehead atoms. The number of nitrogens with zero attached hydrogens (tertiary/aromatic N) is 4.